The molecule has 0 fully saturated rings. The van der Waals surface area contributed by atoms with Crippen molar-refractivity contribution in [3.05, 3.63) is 46.4 Å². The van der Waals surface area contributed by atoms with Gasteiger partial charge in [0.05, 0.1) is 41.4 Å². The number of nitrogens with zero attached hydrogens (tertiary/aromatic N) is 2. The zero-order valence-corrected chi connectivity index (χ0v) is 16.1. The van der Waals surface area contributed by atoms with E-state index in [1.165, 1.54) is 43.8 Å². The van der Waals surface area contributed by atoms with E-state index >= 15 is 0 Å². The normalized spacial score (nSPS) is 10.9. The number of carbonyl (C=O) groups is 1. The van der Waals surface area contributed by atoms with Crippen molar-refractivity contribution in [3.8, 4) is 5.75 Å². The third kappa shape index (κ3) is 3.46. The second-order valence-electron chi connectivity index (χ2n) is 5.05. The Balaban J connectivity index is 2.13. The van der Waals surface area contributed by atoms with Gasteiger partial charge < -0.3 is 9.47 Å². The molecule has 136 valence electrons. The molecule has 0 bridgehead atoms. The van der Waals surface area contributed by atoms with Gasteiger partial charge in [-0.25, -0.2) is 22.5 Å². The van der Waals surface area contributed by atoms with Crippen LogP contribution in [0.15, 0.2) is 36.4 Å². The minimum atomic E-state index is -3.04. The van der Waals surface area contributed by atoms with Crippen LogP contribution >= 0.6 is 22.9 Å². The van der Waals surface area contributed by atoms with Crippen molar-refractivity contribution < 1.29 is 22.7 Å². The summed E-state index contributed by atoms with van der Waals surface area (Å²) in [4.78, 5) is 15.9. The summed E-state index contributed by atoms with van der Waals surface area (Å²) < 4.78 is 36.2. The Hall–Kier alpha value is -2.36. The van der Waals surface area contributed by atoms with Gasteiger partial charge in [0.2, 0.25) is 10.9 Å². The average molecular weight is 413 g/mol. The van der Waals surface area contributed by atoms with Crippen LogP contribution in [-0.4, -0.2) is 33.6 Å². The molecule has 26 heavy (non-hydrogen) atoms. The molecule has 0 aliphatic carbocycles. The maximum atomic E-state index is 12.0. The summed E-state index contributed by atoms with van der Waals surface area (Å²) in [6, 6.07) is 9.38. The molecule has 0 atom stereocenters. The van der Waals surface area contributed by atoms with E-state index in [4.69, 9.17) is 16.3 Å². The summed E-state index contributed by atoms with van der Waals surface area (Å²) in [7, 11) is -0.386. The maximum Gasteiger partial charge on any atom is 0.337 e. The lowest BCUT2D eigenvalue weighted by Gasteiger charge is -2.20. The molecule has 3 aromatic rings. The smallest absolute Gasteiger partial charge is 0.337 e. The molecule has 0 amide bonds. The Morgan fingerprint density at radius 2 is 1.96 bits per heavy atom. The molecule has 10 heteroatoms. The SMILES string of the molecule is COC(=O)c1ccc(N(c2ccc3sc(Cl)nc3c2)[SH](=O)=O)c(OC)c1. The van der Waals surface area contributed by atoms with Crippen LogP contribution < -0.4 is 9.04 Å². The molecule has 1 aromatic heterocycles. The quantitative estimate of drug-likeness (QED) is 0.510. The van der Waals surface area contributed by atoms with Crippen molar-refractivity contribution in [1.82, 2.24) is 4.98 Å². The molecule has 0 spiro atoms. The van der Waals surface area contributed by atoms with E-state index < -0.39 is 16.9 Å². The number of ether oxygens (including phenoxy) is 2. The summed E-state index contributed by atoms with van der Waals surface area (Å²) >= 11 is 7.21. The number of fused-ring (bicyclic) bond motifs is 1. The van der Waals surface area contributed by atoms with E-state index in [0.29, 0.717) is 15.7 Å². The zero-order chi connectivity index (χ0) is 18.8. The van der Waals surface area contributed by atoms with Crippen LogP contribution in [-0.2, 0) is 15.6 Å². The second-order valence-corrected chi connectivity index (χ2v) is 7.54. The lowest BCUT2D eigenvalue weighted by atomic mass is 10.1. The van der Waals surface area contributed by atoms with E-state index in [-0.39, 0.29) is 17.0 Å². The van der Waals surface area contributed by atoms with Gasteiger partial charge in [0.25, 0.3) is 0 Å². The fourth-order valence-electron chi connectivity index (χ4n) is 2.44. The Labute approximate surface area is 159 Å². The van der Waals surface area contributed by atoms with Crippen molar-refractivity contribution in [2.24, 2.45) is 0 Å². The van der Waals surface area contributed by atoms with Crippen LogP contribution in [0.2, 0.25) is 4.47 Å². The first-order chi connectivity index (χ1) is 12.4. The number of thiazole rings is 1. The predicted molar refractivity (Wildman–Crippen MR) is 101 cm³/mol. The highest BCUT2D eigenvalue weighted by Crippen LogP contribution is 2.37. The van der Waals surface area contributed by atoms with Crippen LogP contribution in [0.25, 0.3) is 10.2 Å². The van der Waals surface area contributed by atoms with E-state index in [2.05, 4.69) is 9.72 Å². The highest BCUT2D eigenvalue weighted by Gasteiger charge is 2.20. The Morgan fingerprint density at radius 3 is 2.62 bits per heavy atom. The van der Waals surface area contributed by atoms with Gasteiger partial charge >= 0.3 is 5.97 Å². The molecule has 0 unspecified atom stereocenters. The molecule has 3 rings (SSSR count). The molecule has 0 aliphatic rings. The van der Waals surface area contributed by atoms with Gasteiger partial charge in [0.15, 0.2) is 4.47 Å². The number of aromatic nitrogens is 1. The molecular formula is C16H13ClN2O5S2. The molecule has 0 saturated carbocycles. The lowest BCUT2D eigenvalue weighted by molar-refractivity contribution is 0.0600. The van der Waals surface area contributed by atoms with Gasteiger partial charge in [-0.1, -0.05) is 11.6 Å². The number of rotatable bonds is 5. The van der Waals surface area contributed by atoms with Gasteiger partial charge in [-0.3, -0.25) is 0 Å². The van der Waals surface area contributed by atoms with Gasteiger partial charge in [-0.05, 0) is 36.4 Å². The summed E-state index contributed by atoms with van der Waals surface area (Å²) in [6.45, 7) is 0. The first-order valence-electron chi connectivity index (χ1n) is 7.21. The van der Waals surface area contributed by atoms with E-state index in [9.17, 15) is 13.2 Å². The van der Waals surface area contributed by atoms with Gasteiger partial charge in [-0.2, -0.15) is 0 Å². The Bertz CT molecular complexity index is 1060. The molecule has 0 aliphatic heterocycles. The van der Waals surface area contributed by atoms with Crippen molar-refractivity contribution in [3.63, 3.8) is 0 Å². The van der Waals surface area contributed by atoms with E-state index in [1.54, 1.807) is 18.2 Å². The zero-order valence-electron chi connectivity index (χ0n) is 13.6. The standard InChI is InChI=1S/C16H13ClN2O5S2/c1-23-13-7-9(15(20)24-2)3-5-12(13)19(26(21)22)10-4-6-14-11(8-10)18-16(17)25-14/h3-8,26H,1-2H3. The Kier molecular flexibility index (Phi) is 5.30. The number of halogens is 1. The highest BCUT2D eigenvalue weighted by molar-refractivity contribution is 7.74. The number of methoxy groups -OCH3 is 2. The van der Waals surface area contributed by atoms with E-state index in [0.717, 1.165) is 9.01 Å². The van der Waals surface area contributed by atoms with Crippen molar-refractivity contribution in [2.45, 2.75) is 0 Å². The Morgan fingerprint density at radius 1 is 1.19 bits per heavy atom. The maximum absolute atomic E-state index is 12.0. The molecule has 7 nitrogen and oxygen atoms in total. The number of carbonyl (C=O) groups excluding carboxylic acids is 1. The lowest BCUT2D eigenvalue weighted by Crippen LogP contribution is -2.16. The minimum absolute atomic E-state index is 0.212. The molecule has 0 radical (unpaired) electrons. The van der Waals surface area contributed by atoms with Crippen molar-refractivity contribution in [2.75, 3.05) is 18.5 Å². The minimum Gasteiger partial charge on any atom is -0.495 e. The highest BCUT2D eigenvalue weighted by atomic mass is 35.5. The number of anilines is 2. The summed E-state index contributed by atoms with van der Waals surface area (Å²) in [6.07, 6.45) is 0. The van der Waals surface area contributed by atoms with Crippen LogP contribution in [0, 0.1) is 0 Å². The number of hydrogen-bond acceptors (Lipinski definition) is 7. The fourth-order valence-corrected chi connectivity index (χ4v) is 4.10. The fraction of sp³-hybridized carbons (Fsp3) is 0.125. The third-order valence-corrected chi connectivity index (χ3v) is 5.50. The molecular weight excluding hydrogens is 400 g/mol. The number of benzene rings is 2. The van der Waals surface area contributed by atoms with Gasteiger partial charge in [0.1, 0.15) is 5.75 Å². The van der Waals surface area contributed by atoms with Crippen LogP contribution in [0.5, 0.6) is 5.75 Å². The topological polar surface area (TPSA) is 85.8 Å². The van der Waals surface area contributed by atoms with Crippen molar-refractivity contribution in [1.29, 1.82) is 0 Å². The van der Waals surface area contributed by atoms with Gasteiger partial charge in [0, 0.05) is 0 Å². The first kappa shape index (κ1) is 18.4. The van der Waals surface area contributed by atoms with Crippen molar-refractivity contribution >= 4 is 61.4 Å². The first-order valence-corrected chi connectivity index (χ1v) is 9.54. The van der Waals surface area contributed by atoms with Crippen LogP contribution in [0.3, 0.4) is 0 Å². The molecule has 0 N–H and O–H groups in total. The molecule has 1 heterocycles. The second kappa shape index (κ2) is 7.48. The average Bonchev–Trinajstić information content (AvgIpc) is 3.00. The molecule has 0 saturated heterocycles. The van der Waals surface area contributed by atoms with E-state index in [1.807, 2.05) is 0 Å². The van der Waals surface area contributed by atoms with Crippen LogP contribution in [0.1, 0.15) is 10.4 Å². The monoisotopic (exact) mass is 412 g/mol. The summed E-state index contributed by atoms with van der Waals surface area (Å²) in [5.41, 5.74) is 1.47. The molecule has 2 aromatic carbocycles. The number of hydrogen-bond donors (Lipinski definition) is 1. The number of thiol groups is 1. The third-order valence-electron chi connectivity index (χ3n) is 3.58. The largest absolute Gasteiger partial charge is 0.495 e. The van der Waals surface area contributed by atoms with Crippen LogP contribution in [0.4, 0.5) is 11.4 Å². The predicted octanol–water partition coefficient (Wildman–Crippen LogP) is 3.41. The number of esters is 1. The summed E-state index contributed by atoms with van der Waals surface area (Å²) in [5.74, 6) is -0.338. The van der Waals surface area contributed by atoms with Gasteiger partial charge in [-0.15, -0.1) is 11.3 Å². The summed E-state index contributed by atoms with van der Waals surface area (Å²) in [5, 5.41) is 0.